The first-order valence-corrected chi connectivity index (χ1v) is 13.7. The zero-order valence-electron chi connectivity index (χ0n) is 18.8. The summed E-state index contributed by atoms with van der Waals surface area (Å²) in [7, 11) is 0. The van der Waals surface area contributed by atoms with Crippen LogP contribution in [-0.4, -0.2) is 26.3 Å². The molecule has 3 aromatic carbocycles. The van der Waals surface area contributed by atoms with Crippen LogP contribution in [0.25, 0.3) is 16.8 Å². The summed E-state index contributed by atoms with van der Waals surface area (Å²) in [5.74, 6) is 0.760. The summed E-state index contributed by atoms with van der Waals surface area (Å²) in [6.07, 6.45) is 1.56. The number of nitrogens with one attached hydrogen (secondary N) is 1. The predicted molar refractivity (Wildman–Crippen MR) is 150 cm³/mol. The summed E-state index contributed by atoms with van der Waals surface area (Å²) in [4.78, 5) is 18.0. The van der Waals surface area contributed by atoms with E-state index >= 15 is 0 Å². The molecule has 0 saturated heterocycles. The Kier molecular flexibility index (Phi) is 6.27. The molecule has 36 heavy (non-hydrogen) atoms. The highest BCUT2D eigenvalue weighted by Gasteiger charge is 2.36. The molecule has 0 radical (unpaired) electrons. The van der Waals surface area contributed by atoms with Gasteiger partial charge in [-0.25, -0.2) is 0 Å². The van der Waals surface area contributed by atoms with E-state index in [0.29, 0.717) is 16.0 Å². The van der Waals surface area contributed by atoms with Crippen molar-refractivity contribution >= 4 is 73.4 Å². The Morgan fingerprint density at radius 2 is 1.78 bits per heavy atom. The lowest BCUT2D eigenvalue weighted by molar-refractivity contribution is -0.114. The van der Waals surface area contributed by atoms with E-state index in [9.17, 15) is 4.79 Å². The molecule has 9 heteroatoms. The number of hydrazone groups is 1. The van der Waals surface area contributed by atoms with Gasteiger partial charge < -0.3 is 4.42 Å². The van der Waals surface area contributed by atoms with Crippen molar-refractivity contribution in [2.75, 3.05) is 0 Å². The number of amides is 1. The van der Waals surface area contributed by atoms with E-state index in [1.807, 2.05) is 42.5 Å². The number of hydrogen-bond acceptors (Lipinski definition) is 7. The summed E-state index contributed by atoms with van der Waals surface area (Å²) in [6.45, 7) is 0. The van der Waals surface area contributed by atoms with Crippen LogP contribution in [0.5, 0.6) is 0 Å². The van der Waals surface area contributed by atoms with Crippen LogP contribution >= 0.6 is 35.3 Å². The molecule has 6 rings (SSSR count). The maximum Gasteiger partial charge on any atom is 0.283 e. The average molecular weight is 527 g/mol. The summed E-state index contributed by atoms with van der Waals surface area (Å²) in [5, 5.41) is 17.9. The first kappa shape index (κ1) is 22.9. The zero-order chi connectivity index (χ0) is 24.5. The fourth-order valence-corrected chi connectivity index (χ4v) is 6.57. The Labute approximate surface area is 220 Å². The number of nitrogens with zero attached hydrogens (tertiary/aromatic N) is 3. The highest BCUT2D eigenvalue weighted by Crippen LogP contribution is 2.36. The molecule has 6 nitrogen and oxygen atoms in total. The molecule has 1 N–H and O–H groups in total. The first-order chi connectivity index (χ1) is 17.6. The Morgan fingerprint density at radius 1 is 0.972 bits per heavy atom. The Balaban J connectivity index is 1.19. The third-order valence-electron chi connectivity index (χ3n) is 5.49. The van der Waals surface area contributed by atoms with Crippen LogP contribution in [0.2, 0.25) is 0 Å². The number of furan rings is 1. The van der Waals surface area contributed by atoms with Crippen molar-refractivity contribution in [3.8, 4) is 0 Å². The van der Waals surface area contributed by atoms with Crippen molar-refractivity contribution in [3.05, 3.63) is 102 Å². The number of aliphatic imine (C=N–C) groups is 1. The van der Waals surface area contributed by atoms with E-state index in [1.54, 1.807) is 23.9 Å². The summed E-state index contributed by atoms with van der Waals surface area (Å²) < 4.78 is 6.73. The second-order valence-electron chi connectivity index (χ2n) is 7.90. The molecule has 1 amide bonds. The summed E-state index contributed by atoms with van der Waals surface area (Å²) >= 11 is 4.39. The number of carbonyl (C=O) groups excluding carboxylic acids is 1. The molecule has 3 heterocycles. The standard InChI is InChI=1S/C27H18N4O2S3/c28-24-21(25(32)29-26-31(24)30-27(36-26)34-16-17-7-2-1-3-8-17)15-19-13-14-23(33-19)35-22-12-6-10-18-9-4-5-11-20(18)22/h1-15,28H,16H2/b21-15-,28-24?. The van der Waals surface area contributed by atoms with E-state index in [2.05, 4.69) is 46.5 Å². The number of fused-ring (bicyclic) bond motifs is 2. The smallest absolute Gasteiger partial charge is 0.283 e. The van der Waals surface area contributed by atoms with E-state index in [-0.39, 0.29) is 11.4 Å². The molecule has 0 aliphatic carbocycles. The van der Waals surface area contributed by atoms with E-state index in [0.717, 1.165) is 25.8 Å². The highest BCUT2D eigenvalue weighted by atomic mass is 32.2. The fraction of sp³-hybridized carbons (Fsp3) is 0.0370. The SMILES string of the molecule is N=C1/C(=C/c2ccc(Sc3cccc4ccccc34)o2)C(=O)N=C2SC(SCc3ccccc3)=NN12. The number of carbonyl (C=O) groups is 1. The van der Waals surface area contributed by atoms with E-state index in [4.69, 9.17) is 9.83 Å². The largest absolute Gasteiger partial charge is 0.450 e. The van der Waals surface area contributed by atoms with Crippen molar-refractivity contribution in [2.45, 2.75) is 15.7 Å². The van der Waals surface area contributed by atoms with Crippen LogP contribution in [0.4, 0.5) is 0 Å². The Morgan fingerprint density at radius 3 is 2.67 bits per heavy atom. The van der Waals surface area contributed by atoms with Gasteiger partial charge in [0.1, 0.15) is 5.76 Å². The molecular weight excluding hydrogens is 509 g/mol. The summed E-state index contributed by atoms with van der Waals surface area (Å²) in [6, 6.07) is 28.1. The van der Waals surface area contributed by atoms with Crippen molar-refractivity contribution in [2.24, 2.45) is 10.1 Å². The van der Waals surface area contributed by atoms with Crippen LogP contribution in [-0.2, 0) is 10.5 Å². The quantitative estimate of drug-likeness (QED) is 0.280. The molecule has 0 unspecified atom stereocenters. The third-order valence-corrected chi connectivity index (χ3v) is 8.60. The minimum absolute atomic E-state index is 0.00697. The molecule has 0 spiro atoms. The Hall–Kier alpha value is -3.53. The predicted octanol–water partition coefficient (Wildman–Crippen LogP) is 7.09. The number of thioether (sulfide) groups is 2. The monoisotopic (exact) mass is 526 g/mol. The van der Waals surface area contributed by atoms with E-state index in [1.165, 1.54) is 34.1 Å². The first-order valence-electron chi connectivity index (χ1n) is 11.1. The topological polar surface area (TPSA) is 82.0 Å². The zero-order valence-corrected chi connectivity index (χ0v) is 21.2. The van der Waals surface area contributed by atoms with Crippen LogP contribution in [0, 0.1) is 5.41 Å². The van der Waals surface area contributed by atoms with Gasteiger partial charge in [0.05, 0.1) is 5.57 Å². The van der Waals surface area contributed by atoms with Gasteiger partial charge in [-0.15, -0.1) is 5.10 Å². The molecule has 0 fully saturated rings. The molecule has 4 aromatic rings. The molecule has 176 valence electrons. The number of amidine groups is 2. The van der Waals surface area contributed by atoms with Gasteiger partial charge in [0.15, 0.2) is 15.3 Å². The molecular formula is C27H18N4O2S3. The van der Waals surface area contributed by atoms with Crippen molar-refractivity contribution in [1.29, 1.82) is 5.41 Å². The van der Waals surface area contributed by atoms with Crippen LogP contribution in [0.3, 0.4) is 0 Å². The highest BCUT2D eigenvalue weighted by molar-refractivity contribution is 8.45. The van der Waals surface area contributed by atoms with Gasteiger partial charge in [-0.2, -0.15) is 10.0 Å². The third kappa shape index (κ3) is 4.65. The lowest BCUT2D eigenvalue weighted by Gasteiger charge is -2.19. The lowest BCUT2D eigenvalue weighted by Crippen LogP contribution is -2.35. The van der Waals surface area contributed by atoms with Gasteiger partial charge in [-0.05, 0) is 52.4 Å². The summed E-state index contributed by atoms with van der Waals surface area (Å²) in [5.41, 5.74) is 1.33. The number of hydrogen-bond donors (Lipinski definition) is 1. The van der Waals surface area contributed by atoms with Gasteiger partial charge in [0, 0.05) is 10.6 Å². The maximum atomic E-state index is 12.7. The minimum atomic E-state index is -0.470. The molecule has 1 aromatic heterocycles. The molecule has 2 aliphatic heterocycles. The maximum absolute atomic E-state index is 12.7. The van der Waals surface area contributed by atoms with Gasteiger partial charge in [-0.3, -0.25) is 10.2 Å². The molecule has 2 aliphatic rings. The molecule has 0 bridgehead atoms. The van der Waals surface area contributed by atoms with Crippen molar-refractivity contribution < 1.29 is 9.21 Å². The number of benzene rings is 3. The molecule has 0 atom stereocenters. The fourth-order valence-electron chi connectivity index (χ4n) is 3.75. The lowest BCUT2D eigenvalue weighted by atomic mass is 10.1. The second kappa shape index (κ2) is 9.85. The van der Waals surface area contributed by atoms with Gasteiger partial charge in [0.2, 0.25) is 5.17 Å². The van der Waals surface area contributed by atoms with Crippen molar-refractivity contribution in [3.63, 3.8) is 0 Å². The van der Waals surface area contributed by atoms with Crippen LogP contribution < -0.4 is 0 Å². The van der Waals surface area contributed by atoms with E-state index < -0.39 is 5.91 Å². The minimum Gasteiger partial charge on any atom is -0.450 e. The molecule has 0 saturated carbocycles. The average Bonchev–Trinajstić information content (AvgIpc) is 3.53. The van der Waals surface area contributed by atoms with Crippen molar-refractivity contribution in [1.82, 2.24) is 5.01 Å². The second-order valence-corrected chi connectivity index (χ2v) is 11.1. The van der Waals surface area contributed by atoms with Gasteiger partial charge >= 0.3 is 0 Å². The normalized spacial score (nSPS) is 16.4. The van der Waals surface area contributed by atoms with Gasteiger partial charge in [-0.1, -0.05) is 90.3 Å². The van der Waals surface area contributed by atoms with Gasteiger partial charge in [0.25, 0.3) is 5.91 Å². The van der Waals surface area contributed by atoms with Crippen LogP contribution in [0.15, 0.2) is 115 Å². The Bertz CT molecular complexity index is 1590. The van der Waals surface area contributed by atoms with Crippen LogP contribution in [0.1, 0.15) is 11.3 Å². The number of rotatable bonds is 5.